The number of hydrogen-bond donors (Lipinski definition) is 0. The van der Waals surface area contributed by atoms with Crippen molar-refractivity contribution in [3.05, 3.63) is 35.9 Å². The molecule has 116 valence electrons. The van der Waals surface area contributed by atoms with Crippen LogP contribution in [-0.4, -0.2) is 37.2 Å². The molecule has 2 rings (SSSR count). The van der Waals surface area contributed by atoms with Gasteiger partial charge in [0.2, 0.25) is 0 Å². The Morgan fingerprint density at radius 3 is 2.67 bits per heavy atom. The molecule has 5 heteroatoms. The number of carbonyl (C=O) groups excluding carboxylic acids is 1. The van der Waals surface area contributed by atoms with Crippen LogP contribution in [0.1, 0.15) is 36.0 Å². The lowest BCUT2D eigenvalue weighted by Crippen LogP contribution is -2.30. The van der Waals surface area contributed by atoms with Gasteiger partial charge in [-0.05, 0) is 45.5 Å². The van der Waals surface area contributed by atoms with Crippen molar-refractivity contribution in [2.75, 3.05) is 20.6 Å². The standard InChI is InChI=1S/C16H22N2O2.ClH/c1-18(2)12-14-10-6-7-11-15(14)17-20-16(19)13-8-4-3-5-9-13;/h3-5,8-9,14H,6-7,10-12H2,1-2H3;1H/b17-15+;. The molecule has 0 N–H and O–H groups in total. The van der Waals surface area contributed by atoms with Crippen LogP contribution in [0.15, 0.2) is 35.5 Å². The molecule has 1 saturated carbocycles. The molecule has 0 saturated heterocycles. The van der Waals surface area contributed by atoms with Crippen molar-refractivity contribution in [1.29, 1.82) is 0 Å². The van der Waals surface area contributed by atoms with Crippen LogP contribution < -0.4 is 0 Å². The van der Waals surface area contributed by atoms with Gasteiger partial charge in [0.15, 0.2) is 0 Å². The Morgan fingerprint density at radius 1 is 1.29 bits per heavy atom. The molecule has 1 unspecified atom stereocenters. The summed E-state index contributed by atoms with van der Waals surface area (Å²) in [5, 5.41) is 4.13. The summed E-state index contributed by atoms with van der Waals surface area (Å²) in [6, 6.07) is 8.98. The van der Waals surface area contributed by atoms with Crippen LogP contribution in [-0.2, 0) is 4.84 Å². The van der Waals surface area contributed by atoms with Crippen molar-refractivity contribution in [2.45, 2.75) is 25.7 Å². The fourth-order valence-corrected chi connectivity index (χ4v) is 2.55. The van der Waals surface area contributed by atoms with Crippen LogP contribution in [0.5, 0.6) is 0 Å². The highest BCUT2D eigenvalue weighted by Gasteiger charge is 2.22. The molecule has 0 spiro atoms. The molecule has 1 atom stereocenters. The maximum Gasteiger partial charge on any atom is 0.365 e. The number of oxime groups is 1. The summed E-state index contributed by atoms with van der Waals surface area (Å²) < 4.78 is 0. The van der Waals surface area contributed by atoms with Gasteiger partial charge in [-0.15, -0.1) is 12.4 Å². The van der Waals surface area contributed by atoms with E-state index in [1.165, 1.54) is 6.42 Å². The Labute approximate surface area is 132 Å². The van der Waals surface area contributed by atoms with E-state index in [-0.39, 0.29) is 18.4 Å². The fourth-order valence-electron chi connectivity index (χ4n) is 2.55. The number of carbonyl (C=O) groups is 1. The van der Waals surface area contributed by atoms with Gasteiger partial charge in [0.25, 0.3) is 0 Å². The summed E-state index contributed by atoms with van der Waals surface area (Å²) in [5.74, 6) is 0.0228. The molecular formula is C16H23ClN2O2. The van der Waals surface area contributed by atoms with Crippen molar-refractivity contribution in [2.24, 2.45) is 11.1 Å². The Kier molecular flexibility index (Phi) is 7.40. The number of rotatable bonds is 4. The first kappa shape index (κ1) is 17.7. The lowest BCUT2D eigenvalue weighted by atomic mass is 9.87. The van der Waals surface area contributed by atoms with E-state index in [1.807, 2.05) is 18.2 Å². The number of halogens is 1. The molecule has 4 nitrogen and oxygen atoms in total. The van der Waals surface area contributed by atoms with Gasteiger partial charge in [0.05, 0.1) is 11.3 Å². The second-order valence-corrected chi connectivity index (χ2v) is 5.53. The number of hydrogen-bond acceptors (Lipinski definition) is 4. The topological polar surface area (TPSA) is 41.9 Å². The molecule has 1 aliphatic carbocycles. The maximum absolute atomic E-state index is 11.9. The quantitative estimate of drug-likeness (QED) is 0.632. The highest BCUT2D eigenvalue weighted by molar-refractivity contribution is 5.91. The van der Waals surface area contributed by atoms with E-state index in [2.05, 4.69) is 24.2 Å². The van der Waals surface area contributed by atoms with Crippen molar-refractivity contribution in [3.63, 3.8) is 0 Å². The summed E-state index contributed by atoms with van der Waals surface area (Å²) in [6.45, 7) is 0.960. The molecule has 21 heavy (non-hydrogen) atoms. The molecule has 0 heterocycles. The molecule has 1 fully saturated rings. The largest absolute Gasteiger partial charge is 0.365 e. The Morgan fingerprint density at radius 2 is 2.00 bits per heavy atom. The van der Waals surface area contributed by atoms with Gasteiger partial charge in [-0.1, -0.05) is 29.8 Å². The molecule has 0 aliphatic heterocycles. The maximum atomic E-state index is 11.9. The minimum absolute atomic E-state index is 0. The summed E-state index contributed by atoms with van der Waals surface area (Å²) in [7, 11) is 4.12. The monoisotopic (exact) mass is 310 g/mol. The first-order valence-corrected chi connectivity index (χ1v) is 7.14. The van der Waals surface area contributed by atoms with Gasteiger partial charge in [-0.2, -0.15) is 0 Å². The first-order chi connectivity index (χ1) is 9.66. The molecule has 1 aromatic carbocycles. The summed E-state index contributed by atoms with van der Waals surface area (Å²) in [5.41, 5.74) is 1.56. The summed E-state index contributed by atoms with van der Waals surface area (Å²) >= 11 is 0. The average molecular weight is 311 g/mol. The Balaban J connectivity index is 0.00000220. The zero-order valence-electron chi connectivity index (χ0n) is 12.6. The van der Waals surface area contributed by atoms with E-state index < -0.39 is 0 Å². The van der Waals surface area contributed by atoms with Crippen LogP contribution >= 0.6 is 12.4 Å². The lowest BCUT2D eigenvalue weighted by molar-refractivity contribution is 0.0511. The first-order valence-electron chi connectivity index (χ1n) is 7.14. The van der Waals surface area contributed by atoms with Gasteiger partial charge in [0.1, 0.15) is 0 Å². The van der Waals surface area contributed by atoms with Gasteiger partial charge < -0.3 is 9.74 Å². The second-order valence-electron chi connectivity index (χ2n) is 5.53. The Hall–Kier alpha value is -1.39. The molecule has 1 aromatic rings. The van der Waals surface area contributed by atoms with E-state index in [4.69, 9.17) is 4.84 Å². The van der Waals surface area contributed by atoms with E-state index in [0.29, 0.717) is 11.5 Å². The van der Waals surface area contributed by atoms with Crippen LogP contribution in [0.2, 0.25) is 0 Å². The normalized spacial score (nSPS) is 20.1. The van der Waals surface area contributed by atoms with Gasteiger partial charge in [-0.25, -0.2) is 4.79 Å². The van der Waals surface area contributed by atoms with Gasteiger partial charge >= 0.3 is 5.97 Å². The SMILES string of the molecule is CN(C)CC1CCCC/C1=N\OC(=O)c1ccccc1.Cl. The summed E-state index contributed by atoms with van der Waals surface area (Å²) in [4.78, 5) is 19.1. The van der Waals surface area contributed by atoms with Gasteiger partial charge in [0, 0.05) is 12.5 Å². The smallest absolute Gasteiger partial charge is 0.313 e. The van der Waals surface area contributed by atoms with E-state index in [0.717, 1.165) is 31.5 Å². The van der Waals surface area contributed by atoms with E-state index >= 15 is 0 Å². The third-order valence-corrected chi connectivity index (χ3v) is 3.55. The summed E-state index contributed by atoms with van der Waals surface area (Å²) in [6.07, 6.45) is 4.41. The molecule has 0 bridgehead atoms. The number of nitrogens with zero attached hydrogens (tertiary/aromatic N) is 2. The van der Waals surface area contributed by atoms with Crippen molar-refractivity contribution in [3.8, 4) is 0 Å². The van der Waals surface area contributed by atoms with Crippen molar-refractivity contribution >= 4 is 24.1 Å². The zero-order chi connectivity index (χ0) is 14.4. The minimum atomic E-state index is -0.382. The van der Waals surface area contributed by atoms with E-state index in [1.54, 1.807) is 12.1 Å². The Bertz CT molecular complexity index is 474. The lowest BCUT2D eigenvalue weighted by Gasteiger charge is -2.25. The second kappa shape index (κ2) is 8.80. The van der Waals surface area contributed by atoms with Crippen LogP contribution in [0, 0.1) is 5.92 Å². The highest BCUT2D eigenvalue weighted by Crippen LogP contribution is 2.22. The van der Waals surface area contributed by atoms with Crippen LogP contribution in [0.25, 0.3) is 0 Å². The van der Waals surface area contributed by atoms with Crippen LogP contribution in [0.3, 0.4) is 0 Å². The minimum Gasteiger partial charge on any atom is -0.313 e. The molecular weight excluding hydrogens is 288 g/mol. The van der Waals surface area contributed by atoms with Crippen LogP contribution in [0.4, 0.5) is 0 Å². The van der Waals surface area contributed by atoms with Crippen molar-refractivity contribution < 1.29 is 9.63 Å². The number of benzene rings is 1. The molecule has 1 aliphatic rings. The third kappa shape index (κ3) is 5.48. The fraction of sp³-hybridized carbons (Fsp3) is 0.500. The van der Waals surface area contributed by atoms with Crippen molar-refractivity contribution in [1.82, 2.24) is 4.90 Å². The molecule has 0 amide bonds. The molecule has 0 radical (unpaired) electrons. The highest BCUT2D eigenvalue weighted by atomic mass is 35.5. The average Bonchev–Trinajstić information content (AvgIpc) is 2.46. The third-order valence-electron chi connectivity index (χ3n) is 3.55. The van der Waals surface area contributed by atoms with Gasteiger partial charge in [-0.3, -0.25) is 0 Å². The predicted molar refractivity (Wildman–Crippen MR) is 87.1 cm³/mol. The molecule has 0 aromatic heterocycles. The zero-order valence-corrected chi connectivity index (χ0v) is 13.4. The predicted octanol–water partition coefficient (Wildman–Crippen LogP) is 3.37. The van der Waals surface area contributed by atoms with E-state index in [9.17, 15) is 4.79 Å².